The number of nitrogens with zero attached hydrogens (tertiary/aromatic N) is 1. The molecule has 0 spiro atoms. The average Bonchev–Trinajstić information content (AvgIpc) is 2.37. The van der Waals surface area contributed by atoms with Gasteiger partial charge in [0.15, 0.2) is 0 Å². The predicted octanol–water partition coefficient (Wildman–Crippen LogP) is 1.31. The van der Waals surface area contributed by atoms with E-state index in [1.807, 2.05) is 19.9 Å². The van der Waals surface area contributed by atoms with Gasteiger partial charge in [-0.1, -0.05) is 6.07 Å². The molecule has 0 radical (unpaired) electrons. The lowest BCUT2D eigenvalue weighted by Crippen LogP contribution is -2.31. The number of hydrogen-bond donors (Lipinski definition) is 1. The van der Waals surface area contributed by atoms with Crippen molar-refractivity contribution in [2.24, 2.45) is 0 Å². The first-order chi connectivity index (χ1) is 8.49. The number of carbonyl (C=O) groups excluding carboxylic acids is 1. The second-order valence-corrected chi connectivity index (χ2v) is 4.47. The van der Waals surface area contributed by atoms with Crippen molar-refractivity contribution in [2.45, 2.75) is 20.3 Å². The number of amides is 1. The molecule has 0 atom stereocenters. The first kappa shape index (κ1) is 14.5. The van der Waals surface area contributed by atoms with Crippen LogP contribution in [-0.4, -0.2) is 43.2 Å². The Hall–Kier alpha value is -1.55. The molecule has 100 valence electrons. The van der Waals surface area contributed by atoms with E-state index < -0.39 is 6.61 Å². The first-order valence-corrected chi connectivity index (χ1v) is 5.98. The molecule has 1 rings (SSSR count). The molecule has 0 unspecified atom stereocenters. The van der Waals surface area contributed by atoms with E-state index in [9.17, 15) is 4.79 Å². The molecular weight excluding hydrogens is 230 g/mol. The summed E-state index contributed by atoms with van der Waals surface area (Å²) in [6, 6.07) is 4.10. The maximum absolute atomic E-state index is 11.2. The highest BCUT2D eigenvalue weighted by atomic mass is 16.5. The number of aliphatic hydroxyl groups is 1. The zero-order valence-corrected chi connectivity index (χ0v) is 11.5. The smallest absolute Gasteiger partial charge is 0.248 e. The number of aryl methyl sites for hydroxylation is 2. The largest absolute Gasteiger partial charge is 0.496 e. The van der Waals surface area contributed by atoms with Gasteiger partial charge in [-0.15, -0.1) is 0 Å². The summed E-state index contributed by atoms with van der Waals surface area (Å²) in [7, 11) is 3.36. The van der Waals surface area contributed by atoms with Crippen LogP contribution in [0.2, 0.25) is 0 Å². The van der Waals surface area contributed by atoms with Crippen LogP contribution in [0.15, 0.2) is 12.1 Å². The monoisotopic (exact) mass is 251 g/mol. The van der Waals surface area contributed by atoms with Crippen molar-refractivity contribution in [3.63, 3.8) is 0 Å². The van der Waals surface area contributed by atoms with E-state index in [4.69, 9.17) is 9.84 Å². The minimum Gasteiger partial charge on any atom is -0.496 e. The fourth-order valence-electron chi connectivity index (χ4n) is 1.87. The number of likely N-dealkylation sites (N-methyl/N-ethyl adjacent to an activating group) is 1. The van der Waals surface area contributed by atoms with Crippen LogP contribution in [0, 0.1) is 13.8 Å². The number of ether oxygens (including phenoxy) is 1. The van der Waals surface area contributed by atoms with Crippen LogP contribution in [0.25, 0.3) is 0 Å². The maximum Gasteiger partial charge on any atom is 0.248 e. The molecule has 0 heterocycles. The highest BCUT2D eigenvalue weighted by Gasteiger charge is 2.09. The molecule has 0 aliphatic carbocycles. The summed E-state index contributed by atoms with van der Waals surface area (Å²) in [5.41, 5.74) is 3.45. The van der Waals surface area contributed by atoms with E-state index in [1.54, 1.807) is 19.1 Å². The third-order valence-corrected chi connectivity index (χ3v) is 3.13. The van der Waals surface area contributed by atoms with Gasteiger partial charge in [0.25, 0.3) is 0 Å². The Morgan fingerprint density at radius 3 is 2.56 bits per heavy atom. The number of methoxy groups -OCH3 is 1. The maximum atomic E-state index is 11.2. The van der Waals surface area contributed by atoms with Crippen molar-refractivity contribution in [2.75, 3.05) is 27.3 Å². The number of aliphatic hydroxyl groups excluding tert-OH is 1. The molecular formula is C14H21NO3. The van der Waals surface area contributed by atoms with Crippen LogP contribution in [0.5, 0.6) is 5.75 Å². The molecule has 4 heteroatoms. The zero-order chi connectivity index (χ0) is 13.7. The SMILES string of the molecule is COc1cc(C)c(CCN(C)C(=O)CO)cc1C. The Morgan fingerprint density at radius 1 is 1.33 bits per heavy atom. The van der Waals surface area contributed by atoms with Crippen LogP contribution >= 0.6 is 0 Å². The van der Waals surface area contributed by atoms with Crippen molar-refractivity contribution in [1.82, 2.24) is 4.90 Å². The van der Waals surface area contributed by atoms with E-state index in [0.29, 0.717) is 6.54 Å². The van der Waals surface area contributed by atoms with Crippen molar-refractivity contribution in [1.29, 1.82) is 0 Å². The van der Waals surface area contributed by atoms with Gasteiger partial charge >= 0.3 is 0 Å². The molecule has 0 aromatic heterocycles. The van der Waals surface area contributed by atoms with Crippen LogP contribution in [0.1, 0.15) is 16.7 Å². The fourth-order valence-corrected chi connectivity index (χ4v) is 1.87. The van der Waals surface area contributed by atoms with Gasteiger partial charge < -0.3 is 14.7 Å². The van der Waals surface area contributed by atoms with Crippen molar-refractivity contribution in [3.8, 4) is 5.75 Å². The molecule has 0 saturated carbocycles. The molecule has 0 saturated heterocycles. The topological polar surface area (TPSA) is 49.8 Å². The first-order valence-electron chi connectivity index (χ1n) is 5.98. The Bertz CT molecular complexity index is 429. The summed E-state index contributed by atoms with van der Waals surface area (Å²) in [6.45, 7) is 4.21. The van der Waals surface area contributed by atoms with Gasteiger partial charge in [-0.25, -0.2) is 0 Å². The third-order valence-electron chi connectivity index (χ3n) is 3.13. The molecule has 0 aliphatic rings. The van der Waals surface area contributed by atoms with E-state index >= 15 is 0 Å². The molecule has 0 aliphatic heterocycles. The number of carbonyl (C=O) groups is 1. The van der Waals surface area contributed by atoms with E-state index in [1.165, 1.54) is 5.56 Å². The summed E-state index contributed by atoms with van der Waals surface area (Å²) in [4.78, 5) is 12.8. The van der Waals surface area contributed by atoms with Gasteiger partial charge in [0.05, 0.1) is 7.11 Å². The van der Waals surface area contributed by atoms with Crippen LogP contribution in [0.4, 0.5) is 0 Å². The summed E-state index contributed by atoms with van der Waals surface area (Å²) < 4.78 is 5.26. The lowest BCUT2D eigenvalue weighted by Gasteiger charge is -2.17. The molecule has 4 nitrogen and oxygen atoms in total. The summed E-state index contributed by atoms with van der Waals surface area (Å²) in [5.74, 6) is 0.633. The van der Waals surface area contributed by atoms with E-state index in [-0.39, 0.29) is 5.91 Å². The molecule has 1 aromatic rings. The van der Waals surface area contributed by atoms with Gasteiger partial charge in [0.2, 0.25) is 5.91 Å². The Labute approximate surface area is 108 Å². The molecule has 1 N–H and O–H groups in total. The van der Waals surface area contributed by atoms with Gasteiger partial charge in [-0.05, 0) is 43.0 Å². The highest BCUT2D eigenvalue weighted by Crippen LogP contribution is 2.22. The fraction of sp³-hybridized carbons (Fsp3) is 0.500. The van der Waals surface area contributed by atoms with Gasteiger partial charge in [-0.3, -0.25) is 4.79 Å². The van der Waals surface area contributed by atoms with Gasteiger partial charge in [-0.2, -0.15) is 0 Å². The molecule has 0 fully saturated rings. The van der Waals surface area contributed by atoms with Crippen LogP contribution < -0.4 is 4.74 Å². The van der Waals surface area contributed by atoms with Crippen molar-refractivity contribution in [3.05, 3.63) is 28.8 Å². The van der Waals surface area contributed by atoms with Crippen molar-refractivity contribution >= 4 is 5.91 Å². The summed E-state index contributed by atoms with van der Waals surface area (Å²) in [5, 5.41) is 8.76. The van der Waals surface area contributed by atoms with E-state index in [2.05, 4.69) is 6.07 Å². The molecule has 0 bridgehead atoms. The molecule has 18 heavy (non-hydrogen) atoms. The van der Waals surface area contributed by atoms with Crippen LogP contribution in [-0.2, 0) is 11.2 Å². The van der Waals surface area contributed by atoms with E-state index in [0.717, 1.165) is 23.3 Å². The third kappa shape index (κ3) is 3.47. The quantitative estimate of drug-likeness (QED) is 0.858. The number of hydrogen-bond acceptors (Lipinski definition) is 3. The number of rotatable bonds is 5. The lowest BCUT2D eigenvalue weighted by atomic mass is 10.0. The molecule has 1 amide bonds. The minimum atomic E-state index is -0.433. The second-order valence-electron chi connectivity index (χ2n) is 4.47. The predicted molar refractivity (Wildman–Crippen MR) is 70.9 cm³/mol. The Kier molecular flexibility index (Phi) is 5.16. The average molecular weight is 251 g/mol. The number of benzene rings is 1. The Morgan fingerprint density at radius 2 is 2.00 bits per heavy atom. The van der Waals surface area contributed by atoms with Crippen LogP contribution in [0.3, 0.4) is 0 Å². The second kappa shape index (κ2) is 6.40. The zero-order valence-electron chi connectivity index (χ0n) is 11.5. The van der Waals surface area contributed by atoms with Gasteiger partial charge in [0, 0.05) is 13.6 Å². The molecule has 1 aromatic carbocycles. The highest BCUT2D eigenvalue weighted by molar-refractivity contribution is 5.76. The van der Waals surface area contributed by atoms with Gasteiger partial charge in [0.1, 0.15) is 12.4 Å². The standard InChI is InChI=1S/C14H21NO3/c1-10-8-13(18-4)11(2)7-12(10)5-6-15(3)14(17)9-16/h7-8,16H,5-6,9H2,1-4H3. The summed E-state index contributed by atoms with van der Waals surface area (Å²) in [6.07, 6.45) is 0.777. The lowest BCUT2D eigenvalue weighted by molar-refractivity contribution is -0.132. The normalized spacial score (nSPS) is 10.3. The Balaban J connectivity index is 2.74. The summed E-state index contributed by atoms with van der Waals surface area (Å²) >= 11 is 0. The minimum absolute atomic E-state index is 0.252. The van der Waals surface area contributed by atoms with Crippen molar-refractivity contribution < 1.29 is 14.6 Å².